The molecule has 1 aliphatic heterocycles. The maximum atomic E-state index is 14.3. The summed E-state index contributed by atoms with van der Waals surface area (Å²) in [6.45, 7) is 5.67. The first kappa shape index (κ1) is 37.4. The number of carbonyl (C=O) groups excluding carboxylic acids is 2. The van der Waals surface area contributed by atoms with Crippen LogP contribution in [0.1, 0.15) is 43.5 Å². The first-order chi connectivity index (χ1) is 25.6. The minimum Gasteiger partial charge on any atom is -0.493 e. The summed E-state index contributed by atoms with van der Waals surface area (Å²) in [5, 5.41) is 2.28. The Morgan fingerprint density at radius 3 is 2.43 bits per heavy atom. The second kappa shape index (κ2) is 16.5. The molecule has 53 heavy (non-hydrogen) atoms. The number of benzene rings is 4. The highest BCUT2D eigenvalue weighted by Crippen LogP contribution is 2.38. The number of hydrogen-bond donors (Lipinski definition) is 0. The molecule has 0 spiro atoms. The van der Waals surface area contributed by atoms with Crippen molar-refractivity contribution in [2.24, 2.45) is 4.99 Å². The highest BCUT2D eigenvalue weighted by molar-refractivity contribution is 9.10. The van der Waals surface area contributed by atoms with Gasteiger partial charge in [0.25, 0.3) is 5.56 Å². The molecule has 5 aromatic rings. The molecule has 1 aromatic heterocycles. The zero-order valence-corrected chi connectivity index (χ0v) is 32.2. The van der Waals surface area contributed by atoms with E-state index in [0.717, 1.165) is 16.3 Å². The van der Waals surface area contributed by atoms with Crippen molar-refractivity contribution in [2.45, 2.75) is 33.4 Å². The Hall–Kier alpha value is -5.40. The molecule has 1 atom stereocenters. The van der Waals surface area contributed by atoms with Crippen LogP contribution in [0, 0.1) is 0 Å². The topological polar surface area (TPSA) is 124 Å². The highest BCUT2D eigenvalue weighted by Gasteiger charge is 2.34. The van der Waals surface area contributed by atoms with Crippen molar-refractivity contribution >= 4 is 56.1 Å². The number of methoxy groups -OCH3 is 2. The normalized spacial score (nSPS) is 14.0. The predicted octanol–water partition coefficient (Wildman–Crippen LogP) is 6.25. The number of ether oxygens (including phenoxy) is 6. The third-order valence-electron chi connectivity index (χ3n) is 8.42. The van der Waals surface area contributed by atoms with E-state index >= 15 is 0 Å². The molecular formula is C40H37BrN2O9S. The fourth-order valence-electron chi connectivity index (χ4n) is 5.98. The van der Waals surface area contributed by atoms with Gasteiger partial charge in [-0.3, -0.25) is 9.36 Å². The number of fused-ring (bicyclic) bond motifs is 2. The molecular weight excluding hydrogens is 764 g/mol. The second-order valence-corrected chi connectivity index (χ2v) is 13.7. The Labute approximate surface area is 317 Å². The first-order valence-corrected chi connectivity index (χ1v) is 18.4. The molecule has 11 nitrogen and oxygen atoms in total. The van der Waals surface area contributed by atoms with E-state index in [1.807, 2.05) is 31.2 Å². The molecule has 1 aliphatic rings. The van der Waals surface area contributed by atoms with E-state index in [9.17, 15) is 14.4 Å². The summed E-state index contributed by atoms with van der Waals surface area (Å²) in [6.07, 6.45) is 1.75. The summed E-state index contributed by atoms with van der Waals surface area (Å²) in [4.78, 5) is 44.6. The highest BCUT2D eigenvalue weighted by atomic mass is 79.9. The van der Waals surface area contributed by atoms with Crippen LogP contribution >= 0.6 is 27.3 Å². The van der Waals surface area contributed by atoms with E-state index in [-0.39, 0.29) is 24.3 Å². The summed E-state index contributed by atoms with van der Waals surface area (Å²) in [7, 11) is 2.83. The van der Waals surface area contributed by atoms with Gasteiger partial charge in [-0.25, -0.2) is 14.6 Å². The molecule has 0 amide bonds. The number of nitrogens with zero attached hydrogens (tertiary/aromatic N) is 2. The van der Waals surface area contributed by atoms with E-state index in [4.69, 9.17) is 28.4 Å². The van der Waals surface area contributed by atoms with Crippen molar-refractivity contribution in [3.63, 3.8) is 0 Å². The molecule has 274 valence electrons. The minimum atomic E-state index is -0.895. The first-order valence-electron chi connectivity index (χ1n) is 16.8. The molecule has 2 heterocycles. The number of hydrogen-bond acceptors (Lipinski definition) is 11. The van der Waals surface area contributed by atoms with Gasteiger partial charge in [0, 0.05) is 0 Å². The van der Waals surface area contributed by atoms with Crippen molar-refractivity contribution in [2.75, 3.05) is 34.0 Å². The zero-order valence-electron chi connectivity index (χ0n) is 29.8. The van der Waals surface area contributed by atoms with Crippen LogP contribution < -0.4 is 33.8 Å². The number of allylic oxidation sites excluding steroid dienone is 1. The number of aromatic nitrogens is 1. The van der Waals surface area contributed by atoms with Gasteiger partial charge in [0.1, 0.15) is 6.61 Å². The number of esters is 2. The molecule has 0 saturated carbocycles. The Morgan fingerprint density at radius 2 is 1.70 bits per heavy atom. The van der Waals surface area contributed by atoms with Gasteiger partial charge in [0.15, 0.2) is 34.4 Å². The standard InChI is InChI=1S/C40H37BrN2O9S/c1-6-49-31-20-28(14-15-30(31)51-22-34(44)48-5)36-35(39(46)50-7-2)23(3)42-40-43(36)38(45)33(53-40)19-25-17-29(41)37(32(18-25)47-4)52-21-24-12-13-26-10-8-9-11-27(26)16-24/h8-20,36H,6-7,21-22H2,1-5H3/b33-19-/t36-/m0/s1. The lowest BCUT2D eigenvalue weighted by molar-refractivity contribution is -0.143. The van der Waals surface area contributed by atoms with E-state index in [1.54, 1.807) is 51.3 Å². The molecule has 0 bridgehead atoms. The number of rotatable bonds is 13. The quantitative estimate of drug-likeness (QED) is 0.127. The van der Waals surface area contributed by atoms with Gasteiger partial charge in [-0.1, -0.05) is 53.8 Å². The average Bonchev–Trinajstić information content (AvgIpc) is 3.46. The van der Waals surface area contributed by atoms with E-state index < -0.39 is 18.0 Å². The van der Waals surface area contributed by atoms with Gasteiger partial charge in [-0.15, -0.1) is 0 Å². The van der Waals surface area contributed by atoms with Crippen molar-refractivity contribution in [3.05, 3.63) is 125 Å². The van der Waals surface area contributed by atoms with E-state index in [0.29, 0.717) is 66.8 Å². The summed E-state index contributed by atoms with van der Waals surface area (Å²) in [5.74, 6) is 0.489. The van der Waals surface area contributed by atoms with Gasteiger partial charge in [0.05, 0.1) is 53.8 Å². The van der Waals surface area contributed by atoms with Crippen LogP contribution in [-0.4, -0.2) is 50.5 Å². The van der Waals surface area contributed by atoms with Crippen molar-refractivity contribution in [1.82, 2.24) is 4.57 Å². The Balaban J connectivity index is 1.38. The predicted molar refractivity (Wildman–Crippen MR) is 204 cm³/mol. The maximum Gasteiger partial charge on any atom is 0.343 e. The van der Waals surface area contributed by atoms with Crippen molar-refractivity contribution < 1.29 is 38.0 Å². The molecule has 4 aromatic carbocycles. The van der Waals surface area contributed by atoms with Crippen LogP contribution in [0.3, 0.4) is 0 Å². The SMILES string of the molecule is CCOC(=O)C1=C(C)N=c2s/c(=C\c3cc(Br)c(OCc4ccc5ccccc5c4)c(OC)c3)c(=O)n2[C@H]1c1ccc(OCC(=O)OC)c(OCC)c1. The van der Waals surface area contributed by atoms with Gasteiger partial charge >= 0.3 is 11.9 Å². The molecule has 0 saturated heterocycles. The van der Waals surface area contributed by atoms with Gasteiger partial charge in [0.2, 0.25) is 0 Å². The minimum absolute atomic E-state index is 0.135. The Morgan fingerprint density at radius 1 is 0.906 bits per heavy atom. The number of carbonyl (C=O) groups is 2. The third-order valence-corrected chi connectivity index (χ3v) is 9.99. The third kappa shape index (κ3) is 8.01. The van der Waals surface area contributed by atoms with Gasteiger partial charge in [-0.05, 0) is 101 Å². The maximum absolute atomic E-state index is 14.3. The lowest BCUT2D eigenvalue weighted by atomic mass is 9.95. The molecule has 0 aliphatic carbocycles. The van der Waals surface area contributed by atoms with Gasteiger partial charge in [-0.2, -0.15) is 0 Å². The molecule has 0 N–H and O–H groups in total. The van der Waals surface area contributed by atoms with E-state index in [1.165, 1.54) is 23.0 Å². The van der Waals surface area contributed by atoms with Crippen LogP contribution in [0.5, 0.6) is 23.0 Å². The van der Waals surface area contributed by atoms with Crippen LogP contribution in [0.15, 0.2) is 98.3 Å². The molecule has 0 radical (unpaired) electrons. The summed E-state index contributed by atoms with van der Waals surface area (Å²) in [5.41, 5.74) is 2.52. The number of halogens is 1. The Kier molecular flexibility index (Phi) is 11.6. The van der Waals surface area contributed by atoms with Crippen molar-refractivity contribution in [1.29, 1.82) is 0 Å². The summed E-state index contributed by atoms with van der Waals surface area (Å²) < 4.78 is 36.1. The van der Waals surface area contributed by atoms with Crippen LogP contribution in [0.2, 0.25) is 0 Å². The fraction of sp³-hybridized carbons (Fsp3) is 0.250. The molecule has 6 rings (SSSR count). The monoisotopic (exact) mass is 800 g/mol. The average molecular weight is 802 g/mol. The van der Waals surface area contributed by atoms with Crippen molar-refractivity contribution in [3.8, 4) is 23.0 Å². The lowest BCUT2D eigenvalue weighted by Crippen LogP contribution is -2.40. The van der Waals surface area contributed by atoms with Crippen LogP contribution in [0.25, 0.3) is 16.8 Å². The molecule has 0 fully saturated rings. The van der Waals surface area contributed by atoms with Crippen LogP contribution in [0.4, 0.5) is 0 Å². The van der Waals surface area contributed by atoms with Crippen LogP contribution in [-0.2, 0) is 25.7 Å². The summed E-state index contributed by atoms with van der Waals surface area (Å²) in [6, 6.07) is 22.1. The fourth-order valence-corrected chi connectivity index (χ4v) is 7.60. The smallest absolute Gasteiger partial charge is 0.343 e. The van der Waals surface area contributed by atoms with E-state index in [2.05, 4.69) is 45.2 Å². The molecule has 13 heteroatoms. The van der Waals surface area contributed by atoms with Gasteiger partial charge < -0.3 is 28.4 Å². The zero-order chi connectivity index (χ0) is 37.6. The Bertz CT molecular complexity index is 2420. The lowest BCUT2D eigenvalue weighted by Gasteiger charge is -2.25. The second-order valence-electron chi connectivity index (χ2n) is 11.8. The molecule has 0 unspecified atom stereocenters. The number of thiazole rings is 1. The largest absolute Gasteiger partial charge is 0.493 e. The summed E-state index contributed by atoms with van der Waals surface area (Å²) >= 11 is 4.84.